The lowest BCUT2D eigenvalue weighted by Crippen LogP contribution is -2.45. The van der Waals surface area contributed by atoms with Crippen LogP contribution in [0.4, 0.5) is 0 Å². The van der Waals surface area contributed by atoms with Crippen molar-refractivity contribution < 1.29 is 23.8 Å². The van der Waals surface area contributed by atoms with E-state index in [1.807, 2.05) is 20.8 Å². The van der Waals surface area contributed by atoms with Crippen LogP contribution in [0.3, 0.4) is 0 Å². The van der Waals surface area contributed by atoms with Crippen molar-refractivity contribution in [1.82, 2.24) is 0 Å². The maximum Gasteiger partial charge on any atom is 0.316 e. The van der Waals surface area contributed by atoms with E-state index in [2.05, 4.69) is 45.9 Å². The number of allylic oxidation sites excluding steroid dienone is 2. The molecule has 1 aromatic carbocycles. The molecule has 1 aliphatic heterocycles. The molecule has 3 atom stereocenters. The molecule has 0 spiro atoms. The van der Waals surface area contributed by atoms with Crippen LogP contribution < -0.4 is 9.47 Å². The summed E-state index contributed by atoms with van der Waals surface area (Å²) in [7, 11) is 1.43. The zero-order chi connectivity index (χ0) is 26.0. The van der Waals surface area contributed by atoms with Crippen LogP contribution in [-0.4, -0.2) is 24.6 Å². The number of methoxy groups -OCH3 is 1. The molecule has 0 saturated carbocycles. The Morgan fingerprint density at radius 2 is 1.89 bits per heavy atom. The molecule has 0 saturated heterocycles. The van der Waals surface area contributed by atoms with Crippen molar-refractivity contribution in [2.24, 2.45) is 11.3 Å². The minimum Gasteiger partial charge on any atom is -0.487 e. The lowest BCUT2D eigenvalue weighted by Gasteiger charge is -2.47. The first-order valence-corrected chi connectivity index (χ1v) is 13.1. The van der Waals surface area contributed by atoms with Gasteiger partial charge in [0.2, 0.25) is 0 Å². The fourth-order valence-corrected chi connectivity index (χ4v) is 5.35. The molecule has 0 radical (unpaired) electrons. The summed E-state index contributed by atoms with van der Waals surface area (Å²) in [6, 6.07) is 4.25. The summed E-state index contributed by atoms with van der Waals surface area (Å²) in [4.78, 5) is 24.3. The quantitative estimate of drug-likeness (QED) is 0.166. The van der Waals surface area contributed by atoms with E-state index in [-0.39, 0.29) is 29.4 Å². The first kappa shape index (κ1) is 27.3. The number of carbonyl (C=O) groups excluding carboxylic acids is 2. The fourth-order valence-electron chi connectivity index (χ4n) is 5.35. The highest BCUT2D eigenvalue weighted by atomic mass is 16.5. The van der Waals surface area contributed by atoms with Crippen molar-refractivity contribution in [3.8, 4) is 11.5 Å². The van der Waals surface area contributed by atoms with Gasteiger partial charge in [-0.3, -0.25) is 9.59 Å². The molecule has 5 nitrogen and oxygen atoms in total. The van der Waals surface area contributed by atoms with Crippen molar-refractivity contribution >= 4 is 11.9 Å². The molecular formula is C30H44O5. The normalized spacial score (nSPS) is 21.7. The third-order valence-electron chi connectivity index (χ3n) is 7.64. The molecule has 0 N–H and O–H groups in total. The van der Waals surface area contributed by atoms with Crippen LogP contribution in [0.2, 0.25) is 0 Å². The average Bonchev–Trinajstić information content (AvgIpc) is 2.76. The van der Waals surface area contributed by atoms with E-state index in [1.165, 1.54) is 12.7 Å². The Balaban J connectivity index is 1.90. The lowest BCUT2D eigenvalue weighted by molar-refractivity contribution is -0.143. The van der Waals surface area contributed by atoms with Gasteiger partial charge in [-0.25, -0.2) is 0 Å². The number of fused-ring (bicyclic) bond motifs is 3. The van der Waals surface area contributed by atoms with Gasteiger partial charge in [0.1, 0.15) is 17.1 Å². The number of esters is 2. The minimum absolute atomic E-state index is 0.149. The molecule has 1 aliphatic carbocycles. The topological polar surface area (TPSA) is 61.8 Å². The molecule has 194 valence electrons. The van der Waals surface area contributed by atoms with Gasteiger partial charge in [0.15, 0.2) is 0 Å². The Labute approximate surface area is 211 Å². The zero-order valence-corrected chi connectivity index (χ0v) is 23.0. The minimum atomic E-state index is -0.593. The third kappa shape index (κ3) is 6.48. The number of unbranched alkanes of at least 4 members (excludes halogenated alkanes) is 2. The van der Waals surface area contributed by atoms with E-state index in [1.54, 1.807) is 0 Å². The van der Waals surface area contributed by atoms with Crippen LogP contribution in [0.25, 0.3) is 0 Å². The number of carbonyl (C=O) groups is 2. The maximum atomic E-state index is 13.0. The van der Waals surface area contributed by atoms with Crippen molar-refractivity contribution in [1.29, 1.82) is 0 Å². The van der Waals surface area contributed by atoms with Crippen molar-refractivity contribution in [3.05, 3.63) is 34.9 Å². The lowest BCUT2D eigenvalue weighted by atomic mass is 9.67. The monoisotopic (exact) mass is 484 g/mol. The Bertz CT molecular complexity index is 966. The van der Waals surface area contributed by atoms with Gasteiger partial charge in [0.05, 0.1) is 12.5 Å². The second kappa shape index (κ2) is 10.8. The molecule has 0 aromatic heterocycles. The Kier molecular flexibility index (Phi) is 8.39. The molecule has 2 aliphatic rings. The highest BCUT2D eigenvalue weighted by Crippen LogP contribution is 2.55. The van der Waals surface area contributed by atoms with Gasteiger partial charge in [-0.1, -0.05) is 31.4 Å². The van der Waals surface area contributed by atoms with E-state index in [0.717, 1.165) is 55.4 Å². The molecule has 1 unspecified atom stereocenters. The summed E-state index contributed by atoms with van der Waals surface area (Å²) in [5.74, 6) is 2.03. The van der Waals surface area contributed by atoms with Gasteiger partial charge in [-0.15, -0.1) is 0 Å². The van der Waals surface area contributed by atoms with E-state index < -0.39 is 5.41 Å². The van der Waals surface area contributed by atoms with Crippen LogP contribution in [-0.2, 0) is 14.3 Å². The van der Waals surface area contributed by atoms with Crippen molar-refractivity contribution in [2.45, 2.75) is 111 Å². The molecule has 5 heteroatoms. The van der Waals surface area contributed by atoms with Gasteiger partial charge in [-0.05, 0) is 90.8 Å². The van der Waals surface area contributed by atoms with Gasteiger partial charge < -0.3 is 14.2 Å². The van der Waals surface area contributed by atoms with Crippen LogP contribution in [0.5, 0.6) is 11.5 Å². The Hall–Kier alpha value is -2.30. The molecule has 1 aromatic rings. The summed E-state index contributed by atoms with van der Waals surface area (Å²) < 4.78 is 17.5. The second-order valence-corrected chi connectivity index (χ2v) is 12.1. The first-order valence-electron chi connectivity index (χ1n) is 13.1. The van der Waals surface area contributed by atoms with E-state index >= 15 is 0 Å². The largest absolute Gasteiger partial charge is 0.487 e. The van der Waals surface area contributed by atoms with E-state index in [4.69, 9.17) is 14.2 Å². The number of benzene rings is 1. The highest BCUT2D eigenvalue weighted by molar-refractivity contribution is 5.78. The zero-order valence-electron chi connectivity index (χ0n) is 23.0. The predicted molar refractivity (Wildman–Crippen MR) is 139 cm³/mol. The molecule has 3 rings (SSSR count). The SMILES string of the molecule is COC(=O)CCCCCC(C)c1cc(OC(=O)C(C)(C)C)c2c(c1)OC(C)(C)[C@@H]1CC=C(C)C[C@@H]21. The summed E-state index contributed by atoms with van der Waals surface area (Å²) in [5.41, 5.74) is 2.67. The fraction of sp³-hybridized carbons (Fsp3) is 0.667. The molecule has 35 heavy (non-hydrogen) atoms. The van der Waals surface area contributed by atoms with Crippen molar-refractivity contribution in [3.63, 3.8) is 0 Å². The Morgan fingerprint density at radius 3 is 2.54 bits per heavy atom. The van der Waals surface area contributed by atoms with Gasteiger partial charge in [0, 0.05) is 23.8 Å². The summed E-state index contributed by atoms with van der Waals surface area (Å²) in [5, 5.41) is 0. The molecule has 0 bridgehead atoms. The number of hydrogen-bond donors (Lipinski definition) is 0. The van der Waals surface area contributed by atoms with Gasteiger partial charge >= 0.3 is 11.9 Å². The predicted octanol–water partition coefficient (Wildman–Crippen LogP) is 7.48. The average molecular weight is 485 g/mol. The van der Waals surface area contributed by atoms with Crippen LogP contribution in [0.15, 0.2) is 23.8 Å². The Morgan fingerprint density at radius 1 is 1.17 bits per heavy atom. The molecule has 0 fully saturated rings. The molecule has 1 heterocycles. The molecule has 0 amide bonds. The first-order chi connectivity index (χ1) is 16.3. The van der Waals surface area contributed by atoms with E-state index in [0.29, 0.717) is 18.1 Å². The van der Waals surface area contributed by atoms with Gasteiger partial charge in [0.25, 0.3) is 0 Å². The molecular weight excluding hydrogens is 440 g/mol. The number of hydrogen-bond acceptors (Lipinski definition) is 5. The third-order valence-corrected chi connectivity index (χ3v) is 7.64. The van der Waals surface area contributed by atoms with Crippen molar-refractivity contribution in [2.75, 3.05) is 7.11 Å². The van der Waals surface area contributed by atoms with E-state index in [9.17, 15) is 9.59 Å². The summed E-state index contributed by atoms with van der Waals surface area (Å²) >= 11 is 0. The van der Waals surface area contributed by atoms with Gasteiger partial charge in [-0.2, -0.15) is 0 Å². The second-order valence-electron chi connectivity index (χ2n) is 12.1. The summed E-state index contributed by atoms with van der Waals surface area (Å²) in [6.45, 7) is 14.4. The standard InChI is InChI=1S/C30H44O5/c1-19-14-15-23-22(16-19)27-24(34-28(32)29(3,4)5)17-21(18-25(27)35-30(23,6)7)20(2)12-10-9-11-13-26(31)33-8/h14,17-18,20,22-23H,9-13,15-16H2,1-8H3/t20?,22-,23-/m1/s1. The summed E-state index contributed by atoms with van der Waals surface area (Å²) in [6.07, 6.45) is 8.56. The maximum absolute atomic E-state index is 13.0. The number of ether oxygens (including phenoxy) is 3. The van der Waals surface area contributed by atoms with Crippen LogP contribution >= 0.6 is 0 Å². The van der Waals surface area contributed by atoms with Crippen LogP contribution in [0, 0.1) is 11.3 Å². The smallest absolute Gasteiger partial charge is 0.316 e. The van der Waals surface area contributed by atoms with Crippen LogP contribution in [0.1, 0.15) is 116 Å². The highest BCUT2D eigenvalue weighted by Gasteiger charge is 2.46. The number of rotatable bonds is 8.